The molecule has 6 rings (SSSR count). The third-order valence-electron chi connectivity index (χ3n) is 10.9. The summed E-state index contributed by atoms with van der Waals surface area (Å²) >= 11 is 0. The van der Waals surface area contributed by atoms with Crippen molar-refractivity contribution in [2.24, 2.45) is 11.3 Å². The molecule has 1 aliphatic heterocycles. The van der Waals surface area contributed by atoms with E-state index in [2.05, 4.69) is 118 Å². The fourth-order valence-corrected chi connectivity index (χ4v) is 12.2. The van der Waals surface area contributed by atoms with Crippen LogP contribution < -0.4 is 15.9 Å². The molecule has 2 saturated carbocycles. The zero-order valence-electron chi connectivity index (χ0n) is 29.9. The molecular weight excluding hydrogens is 645 g/mol. The van der Waals surface area contributed by atoms with Gasteiger partial charge in [-0.1, -0.05) is 75.4 Å². The molecule has 266 valence electrons. The predicted molar refractivity (Wildman–Crippen MR) is 200 cm³/mol. The molecule has 0 unspecified atom stereocenters. The highest BCUT2D eigenvalue weighted by atomic mass is 31.2. The first-order valence-corrected chi connectivity index (χ1v) is 20.3. The second kappa shape index (κ2) is 16.0. The number of amides is 1. The summed E-state index contributed by atoms with van der Waals surface area (Å²) in [5.74, 6) is 1.51. The number of carbonyl (C=O) groups excluding carboxylic acids is 1. The van der Waals surface area contributed by atoms with Crippen molar-refractivity contribution in [2.45, 2.75) is 103 Å². The van der Waals surface area contributed by atoms with Crippen LogP contribution in [0, 0.1) is 23.7 Å². The predicted octanol–water partition coefficient (Wildman–Crippen LogP) is 8.31. The molecule has 7 nitrogen and oxygen atoms in total. The van der Waals surface area contributed by atoms with Gasteiger partial charge in [-0.2, -0.15) is 19.6 Å². The molecule has 2 spiro atoms. The Balaban J connectivity index is 1.07. The van der Waals surface area contributed by atoms with Crippen LogP contribution >= 0.6 is 7.26 Å². The summed E-state index contributed by atoms with van der Waals surface area (Å²) in [6.07, 6.45) is 12.9. The van der Waals surface area contributed by atoms with Crippen LogP contribution in [0.15, 0.2) is 91.0 Å². The summed E-state index contributed by atoms with van der Waals surface area (Å²) in [6.45, 7) is 7.86. The van der Waals surface area contributed by atoms with Gasteiger partial charge < -0.3 is 9.64 Å². The van der Waals surface area contributed by atoms with Crippen LogP contribution in [0.1, 0.15) is 85.0 Å². The molecule has 0 N–H and O–H groups in total. The molecule has 0 bridgehead atoms. The summed E-state index contributed by atoms with van der Waals surface area (Å²) in [4.78, 5) is 39.3. The number of ether oxygens (including phenoxy) is 1. The number of rotatable bonds is 10. The molecule has 2 aliphatic carbocycles. The second-order valence-corrected chi connectivity index (χ2v) is 18.8. The Labute approximate surface area is 299 Å². The molecule has 0 radical (unpaired) electrons. The number of terminal acetylenes is 1. The van der Waals surface area contributed by atoms with Crippen molar-refractivity contribution < 1.29 is 29.1 Å². The summed E-state index contributed by atoms with van der Waals surface area (Å²) in [5.41, 5.74) is 0.254. The van der Waals surface area contributed by atoms with Crippen molar-refractivity contribution in [1.29, 1.82) is 0 Å². The lowest BCUT2D eigenvalue weighted by atomic mass is 9.71. The molecule has 0 atom stereocenters. The zero-order chi connectivity index (χ0) is 35.1. The van der Waals surface area contributed by atoms with Crippen molar-refractivity contribution in [3.05, 3.63) is 91.0 Å². The third-order valence-corrected chi connectivity index (χ3v) is 15.4. The Morgan fingerprint density at radius 1 is 0.760 bits per heavy atom. The highest BCUT2D eigenvalue weighted by Gasteiger charge is 2.53. The first-order valence-electron chi connectivity index (χ1n) is 18.3. The maximum Gasteiger partial charge on any atom is 0.410 e. The lowest BCUT2D eigenvalue weighted by Gasteiger charge is -2.48. The summed E-state index contributed by atoms with van der Waals surface area (Å²) in [7, 11) is -2.01. The van der Waals surface area contributed by atoms with Gasteiger partial charge in [-0.05, 0) is 79.8 Å². The van der Waals surface area contributed by atoms with E-state index in [1.165, 1.54) is 15.9 Å². The molecule has 8 heteroatoms. The van der Waals surface area contributed by atoms with Gasteiger partial charge in [0.15, 0.2) is 0 Å². The Hall–Kier alpha value is -3.24. The average Bonchev–Trinajstić information content (AvgIpc) is 3.15. The topological polar surface area (TPSA) is 66.5 Å². The van der Waals surface area contributed by atoms with Gasteiger partial charge in [-0.3, -0.25) is 0 Å². The van der Waals surface area contributed by atoms with E-state index in [9.17, 15) is 4.79 Å². The van der Waals surface area contributed by atoms with Crippen LogP contribution in [0.3, 0.4) is 0 Å². The lowest BCUT2D eigenvalue weighted by Crippen LogP contribution is -2.54. The molecule has 50 heavy (non-hydrogen) atoms. The molecule has 1 saturated heterocycles. The standard InChI is InChI=1S/C42H53NO6P/c1-5-6-31-43(32-16-33-50(36-17-10-7-11-18-36,37-19-12-8-13-20-37)38-21-14-9-15-22-38)39(44)45-35-25-29-42(30-26-35)48-46-41(47-49-42)27-23-34(24-28-41)40(2,3)4/h1,7-15,17-22,34-35H,6,16,23-33H2,2-4H3/q+1. The smallest absolute Gasteiger partial charge is 0.410 e. The van der Waals surface area contributed by atoms with E-state index in [1.807, 2.05) is 0 Å². The molecule has 3 fully saturated rings. The molecule has 0 aromatic heterocycles. The van der Waals surface area contributed by atoms with Crippen molar-refractivity contribution in [3.8, 4) is 12.3 Å². The maximum atomic E-state index is 13.7. The van der Waals surface area contributed by atoms with Gasteiger partial charge in [0.05, 0.1) is 6.16 Å². The van der Waals surface area contributed by atoms with Gasteiger partial charge in [-0.15, -0.1) is 12.3 Å². The molecule has 3 aromatic carbocycles. The van der Waals surface area contributed by atoms with E-state index in [0.29, 0.717) is 51.1 Å². The minimum absolute atomic E-state index is 0.253. The second-order valence-electron chi connectivity index (χ2n) is 15.2. The van der Waals surface area contributed by atoms with Gasteiger partial charge in [0.2, 0.25) is 11.6 Å². The van der Waals surface area contributed by atoms with E-state index in [4.69, 9.17) is 30.7 Å². The Morgan fingerprint density at radius 3 is 1.62 bits per heavy atom. The SMILES string of the molecule is C#CCCN(CCC[P+](c1ccccc1)(c1ccccc1)c1ccccc1)C(=O)OC1CCC2(CC1)OOC1(CCC(C(C)(C)C)CC1)OO2. The monoisotopic (exact) mass is 698 g/mol. The van der Waals surface area contributed by atoms with E-state index in [0.717, 1.165) is 38.3 Å². The van der Waals surface area contributed by atoms with Crippen LogP contribution in [0.25, 0.3) is 0 Å². The maximum absolute atomic E-state index is 13.7. The minimum Gasteiger partial charge on any atom is -0.446 e. The van der Waals surface area contributed by atoms with Crippen molar-refractivity contribution in [3.63, 3.8) is 0 Å². The zero-order valence-corrected chi connectivity index (χ0v) is 30.8. The van der Waals surface area contributed by atoms with Crippen LogP contribution in [-0.4, -0.2) is 47.9 Å². The lowest BCUT2D eigenvalue weighted by molar-refractivity contribution is -0.663. The van der Waals surface area contributed by atoms with Crippen LogP contribution in [0.2, 0.25) is 0 Å². The Bertz CT molecular complexity index is 1450. The molecule has 3 aromatic rings. The summed E-state index contributed by atoms with van der Waals surface area (Å²) in [5, 5.41) is 3.99. The molecule has 3 aliphatic rings. The fraction of sp³-hybridized carbons (Fsp3) is 0.500. The Kier molecular flexibility index (Phi) is 11.7. The fourth-order valence-electron chi connectivity index (χ4n) is 7.83. The van der Waals surface area contributed by atoms with E-state index >= 15 is 0 Å². The number of benzene rings is 3. The number of hydrogen-bond acceptors (Lipinski definition) is 6. The van der Waals surface area contributed by atoms with Gasteiger partial charge in [-0.25, -0.2) is 4.79 Å². The van der Waals surface area contributed by atoms with Gasteiger partial charge >= 0.3 is 6.09 Å². The summed E-state index contributed by atoms with van der Waals surface area (Å²) < 4.78 is 6.11. The van der Waals surface area contributed by atoms with Crippen LogP contribution in [-0.2, 0) is 24.3 Å². The minimum atomic E-state index is -2.01. The van der Waals surface area contributed by atoms with E-state index in [1.54, 1.807) is 4.90 Å². The molecule has 1 heterocycles. The normalized spacial score (nSPS) is 25.6. The largest absolute Gasteiger partial charge is 0.446 e. The highest BCUT2D eigenvalue weighted by molar-refractivity contribution is 7.95. The first-order chi connectivity index (χ1) is 24.2. The quantitative estimate of drug-likeness (QED) is 0.121. The van der Waals surface area contributed by atoms with Crippen LogP contribution in [0.4, 0.5) is 4.79 Å². The number of carbonyl (C=O) groups is 1. The molecular formula is C42H53NO6P+. The third kappa shape index (κ3) is 8.28. The first kappa shape index (κ1) is 36.5. The highest BCUT2D eigenvalue weighted by Crippen LogP contribution is 2.56. The van der Waals surface area contributed by atoms with Crippen molar-refractivity contribution >= 4 is 29.3 Å². The van der Waals surface area contributed by atoms with Crippen molar-refractivity contribution in [2.75, 3.05) is 19.3 Å². The Morgan fingerprint density at radius 2 is 1.20 bits per heavy atom. The van der Waals surface area contributed by atoms with Crippen molar-refractivity contribution in [1.82, 2.24) is 4.90 Å². The van der Waals surface area contributed by atoms with Crippen LogP contribution in [0.5, 0.6) is 0 Å². The average molecular weight is 699 g/mol. The number of hydrogen-bond donors (Lipinski definition) is 0. The van der Waals surface area contributed by atoms with Gasteiger partial charge in [0.25, 0.3) is 0 Å². The van der Waals surface area contributed by atoms with Gasteiger partial charge in [0.1, 0.15) is 29.3 Å². The van der Waals surface area contributed by atoms with E-state index < -0.39 is 18.8 Å². The van der Waals surface area contributed by atoms with E-state index in [-0.39, 0.29) is 17.6 Å². The molecule has 1 amide bonds. The summed E-state index contributed by atoms with van der Waals surface area (Å²) in [6, 6.07) is 32.5. The van der Waals surface area contributed by atoms with Gasteiger partial charge in [0, 0.05) is 45.2 Å². The number of nitrogens with zero attached hydrogens (tertiary/aromatic N) is 1.